The molecule has 2 fully saturated rings. The second-order valence-electron chi connectivity index (χ2n) is 5.80. The minimum atomic E-state index is -1.51. The summed E-state index contributed by atoms with van der Waals surface area (Å²) in [6.07, 6.45) is 10.4. The predicted octanol–water partition coefficient (Wildman–Crippen LogP) is 1.20. The Hall–Kier alpha value is -2.16. The number of hydrogen-bond donors (Lipinski definition) is 0. The van der Waals surface area contributed by atoms with E-state index in [0.717, 1.165) is 23.5 Å². The van der Waals surface area contributed by atoms with Gasteiger partial charge < -0.3 is 9.47 Å². The largest absolute Gasteiger partial charge is 0.468 e. The van der Waals surface area contributed by atoms with Crippen LogP contribution in [0.5, 0.6) is 0 Å². The average molecular weight is 392 g/mol. The highest BCUT2D eigenvalue weighted by Crippen LogP contribution is 2.52. The Morgan fingerprint density at radius 1 is 0.923 bits per heavy atom. The molecule has 0 saturated carbocycles. The Kier molecular flexibility index (Phi) is 5.90. The molecule has 2 saturated heterocycles. The molecule has 2 rings (SSSR count). The van der Waals surface area contributed by atoms with Crippen molar-refractivity contribution in [3.8, 4) is 24.7 Å². The Morgan fingerprint density at radius 3 is 1.54 bits per heavy atom. The topological polar surface area (TPSA) is 86.7 Å². The molecule has 8 heteroatoms. The van der Waals surface area contributed by atoms with Crippen molar-refractivity contribution >= 4 is 47.0 Å². The van der Waals surface area contributed by atoms with Crippen molar-refractivity contribution in [3.63, 3.8) is 0 Å². The number of methoxy groups -OCH3 is 2. The van der Waals surface area contributed by atoms with E-state index in [9.17, 15) is 19.2 Å². The highest BCUT2D eigenvalue weighted by Gasteiger charge is 2.58. The highest BCUT2D eigenvalue weighted by molar-refractivity contribution is 8.08. The van der Waals surface area contributed by atoms with Gasteiger partial charge in [-0.1, -0.05) is 0 Å². The molecule has 6 nitrogen and oxygen atoms in total. The lowest BCUT2D eigenvalue weighted by molar-refractivity contribution is -0.156. The zero-order valence-electron chi connectivity index (χ0n) is 14.2. The van der Waals surface area contributed by atoms with Crippen molar-refractivity contribution in [1.82, 2.24) is 0 Å². The lowest BCUT2D eigenvalue weighted by atomic mass is 9.80. The third-order valence-electron chi connectivity index (χ3n) is 4.37. The molecule has 0 N–H and O–H groups in total. The number of Topliss-reactive ketones (excluding diaryl/α,β-unsaturated/α-hetero) is 2. The molecule has 2 heterocycles. The Balaban J connectivity index is 2.50. The van der Waals surface area contributed by atoms with Crippen LogP contribution in [-0.2, 0) is 28.7 Å². The third kappa shape index (κ3) is 2.84. The number of thioether (sulfide) groups is 2. The number of ketones is 2. The standard InChI is InChI=1S/C18H16O6S2/c1-5-7-17(15(21)23-3)9-25-11(13(17)19)12-14(20)18(8-6-2,10-26-12)16(22)24-4/h1-2H,7-10H2,3-4H3/b12-11-. The SMILES string of the molecule is C#CCC1(C(=O)OC)CS/C(=C2\SCC(CC#C)(C(=O)OC)C2=O)C1=O. The van der Waals surface area contributed by atoms with Crippen LogP contribution in [0.25, 0.3) is 0 Å². The van der Waals surface area contributed by atoms with Crippen LogP contribution < -0.4 is 0 Å². The number of carbonyl (C=O) groups excluding carboxylic acids is 4. The predicted molar refractivity (Wildman–Crippen MR) is 97.8 cm³/mol. The fourth-order valence-electron chi connectivity index (χ4n) is 2.87. The zero-order valence-corrected chi connectivity index (χ0v) is 15.9. The van der Waals surface area contributed by atoms with Gasteiger partial charge in [0.25, 0.3) is 0 Å². The van der Waals surface area contributed by atoms with Gasteiger partial charge in [0, 0.05) is 24.3 Å². The van der Waals surface area contributed by atoms with Crippen LogP contribution in [-0.4, -0.2) is 49.2 Å². The summed E-state index contributed by atoms with van der Waals surface area (Å²) < 4.78 is 9.50. The second kappa shape index (κ2) is 7.61. The van der Waals surface area contributed by atoms with E-state index in [1.54, 1.807) is 0 Å². The maximum absolute atomic E-state index is 13.0. The van der Waals surface area contributed by atoms with Gasteiger partial charge >= 0.3 is 11.9 Å². The summed E-state index contributed by atoms with van der Waals surface area (Å²) in [5.74, 6) is 2.25. The molecule has 2 atom stereocenters. The first kappa shape index (κ1) is 20.2. The van der Waals surface area contributed by atoms with Gasteiger partial charge in [-0.05, 0) is 0 Å². The molecule has 136 valence electrons. The molecule has 0 aliphatic carbocycles. The van der Waals surface area contributed by atoms with Crippen molar-refractivity contribution in [2.24, 2.45) is 10.8 Å². The molecular formula is C18H16O6S2. The lowest BCUT2D eigenvalue weighted by Gasteiger charge is -2.21. The smallest absolute Gasteiger partial charge is 0.321 e. The maximum atomic E-state index is 13.0. The minimum Gasteiger partial charge on any atom is -0.468 e. The first-order valence-electron chi connectivity index (χ1n) is 7.48. The fraction of sp³-hybridized carbons (Fsp3) is 0.444. The van der Waals surface area contributed by atoms with Crippen molar-refractivity contribution in [2.75, 3.05) is 25.7 Å². The van der Waals surface area contributed by atoms with Gasteiger partial charge in [0.2, 0.25) is 0 Å². The summed E-state index contributed by atoms with van der Waals surface area (Å²) in [5.41, 5.74) is -3.03. The van der Waals surface area contributed by atoms with E-state index < -0.39 is 34.3 Å². The molecule has 0 radical (unpaired) electrons. The monoisotopic (exact) mass is 392 g/mol. The summed E-state index contributed by atoms with van der Waals surface area (Å²) >= 11 is 2.14. The zero-order chi connectivity index (χ0) is 19.5. The van der Waals surface area contributed by atoms with Gasteiger partial charge in [-0.3, -0.25) is 19.2 Å². The van der Waals surface area contributed by atoms with E-state index in [1.807, 2.05) is 0 Å². The van der Waals surface area contributed by atoms with Crippen LogP contribution in [0.2, 0.25) is 0 Å². The molecule has 0 aromatic carbocycles. The van der Waals surface area contributed by atoms with E-state index in [0.29, 0.717) is 0 Å². The van der Waals surface area contributed by atoms with E-state index >= 15 is 0 Å². The summed E-state index contributed by atoms with van der Waals surface area (Å²) in [7, 11) is 2.35. The first-order valence-corrected chi connectivity index (χ1v) is 9.45. The molecule has 0 bridgehead atoms. The Bertz CT molecular complexity index is 733. The Labute approximate surface area is 159 Å². The minimum absolute atomic E-state index is 0.0791. The molecular weight excluding hydrogens is 376 g/mol. The quantitative estimate of drug-likeness (QED) is 0.305. The second-order valence-corrected chi connectivity index (χ2v) is 7.77. The normalized spacial score (nSPS) is 30.6. The fourth-order valence-corrected chi connectivity index (χ4v) is 5.81. The van der Waals surface area contributed by atoms with Gasteiger partial charge in [-0.15, -0.1) is 48.2 Å². The van der Waals surface area contributed by atoms with Crippen LogP contribution in [0, 0.1) is 35.5 Å². The number of carbonyl (C=O) groups is 4. The molecule has 2 aliphatic rings. The number of esters is 2. The van der Waals surface area contributed by atoms with E-state index in [4.69, 9.17) is 22.3 Å². The average Bonchev–Trinajstić information content (AvgIpc) is 3.14. The van der Waals surface area contributed by atoms with Crippen molar-refractivity contribution in [2.45, 2.75) is 12.8 Å². The van der Waals surface area contributed by atoms with Crippen molar-refractivity contribution in [1.29, 1.82) is 0 Å². The van der Waals surface area contributed by atoms with Gasteiger partial charge in [-0.2, -0.15) is 0 Å². The summed E-state index contributed by atoms with van der Waals surface area (Å²) in [6, 6.07) is 0. The van der Waals surface area contributed by atoms with Gasteiger partial charge in [0.1, 0.15) is 0 Å². The van der Waals surface area contributed by atoms with E-state index in [-0.39, 0.29) is 34.2 Å². The van der Waals surface area contributed by atoms with E-state index in [1.165, 1.54) is 14.2 Å². The summed E-state index contributed by atoms with van der Waals surface area (Å²) in [6.45, 7) is 0. The van der Waals surface area contributed by atoms with Crippen molar-refractivity contribution < 1.29 is 28.7 Å². The Morgan fingerprint density at radius 2 is 1.27 bits per heavy atom. The summed E-state index contributed by atoms with van der Waals surface area (Å²) in [4.78, 5) is 50.6. The van der Waals surface area contributed by atoms with Crippen LogP contribution in [0.15, 0.2) is 9.81 Å². The maximum Gasteiger partial charge on any atom is 0.321 e. The van der Waals surface area contributed by atoms with Crippen LogP contribution >= 0.6 is 23.5 Å². The van der Waals surface area contributed by atoms with Crippen LogP contribution in [0.3, 0.4) is 0 Å². The molecule has 0 aromatic rings. The summed E-state index contributed by atoms with van der Waals surface area (Å²) in [5, 5.41) is 0. The van der Waals surface area contributed by atoms with Gasteiger partial charge in [-0.25, -0.2) is 0 Å². The molecule has 2 unspecified atom stereocenters. The molecule has 0 aromatic heterocycles. The highest BCUT2D eigenvalue weighted by atomic mass is 32.2. The van der Waals surface area contributed by atoms with E-state index in [2.05, 4.69) is 11.8 Å². The number of ether oxygens (including phenoxy) is 2. The molecule has 2 aliphatic heterocycles. The molecule has 26 heavy (non-hydrogen) atoms. The van der Waals surface area contributed by atoms with Gasteiger partial charge in [0.15, 0.2) is 22.4 Å². The number of rotatable bonds is 4. The first-order chi connectivity index (χ1) is 12.3. The number of terminal acetylenes is 2. The van der Waals surface area contributed by atoms with Crippen LogP contribution in [0.4, 0.5) is 0 Å². The van der Waals surface area contributed by atoms with Gasteiger partial charge in [0.05, 0.1) is 24.0 Å². The molecule has 0 amide bonds. The lowest BCUT2D eigenvalue weighted by Crippen LogP contribution is -2.40. The molecule has 0 spiro atoms. The number of hydrogen-bond acceptors (Lipinski definition) is 8. The van der Waals surface area contributed by atoms with Crippen molar-refractivity contribution in [3.05, 3.63) is 9.81 Å². The number of allylic oxidation sites excluding steroid dienone is 2. The third-order valence-corrected chi connectivity index (χ3v) is 7.13. The van der Waals surface area contributed by atoms with Crippen LogP contribution in [0.1, 0.15) is 12.8 Å².